The maximum atomic E-state index is 6.10. The highest BCUT2D eigenvalue weighted by Crippen LogP contribution is 2.54. The van der Waals surface area contributed by atoms with Gasteiger partial charge in [0.05, 0.1) is 29.4 Å². The van der Waals surface area contributed by atoms with Crippen LogP contribution < -0.4 is 9.47 Å². The van der Waals surface area contributed by atoms with E-state index in [-0.39, 0.29) is 10.8 Å². The summed E-state index contributed by atoms with van der Waals surface area (Å²) in [7, 11) is 1.73. The predicted molar refractivity (Wildman–Crippen MR) is 153 cm³/mol. The number of hydrogen-bond donors (Lipinski definition) is 0. The average Bonchev–Trinajstić information content (AvgIpc) is 3.34. The number of benzene rings is 3. The first-order chi connectivity index (χ1) is 18.3. The third kappa shape index (κ3) is 2.93. The summed E-state index contributed by atoms with van der Waals surface area (Å²) in [6.45, 7) is 9.37. The van der Waals surface area contributed by atoms with E-state index in [4.69, 9.17) is 14.5 Å². The maximum absolute atomic E-state index is 6.10. The van der Waals surface area contributed by atoms with Crippen LogP contribution in [-0.4, -0.2) is 21.5 Å². The molecule has 1 aliphatic heterocycles. The highest BCUT2D eigenvalue weighted by atomic mass is 16.5. The Hall–Kier alpha value is -4.38. The first kappa shape index (κ1) is 22.8. The number of nitrogens with zero attached hydrogens (tertiary/aromatic N) is 3. The predicted octanol–water partition coefficient (Wildman–Crippen LogP) is 8.07. The lowest BCUT2D eigenvalue weighted by Gasteiger charge is -2.46. The molecule has 0 fully saturated rings. The summed E-state index contributed by atoms with van der Waals surface area (Å²) < 4.78 is 14.4. The minimum atomic E-state index is -0.226. The van der Waals surface area contributed by atoms with E-state index in [2.05, 4.69) is 79.5 Å². The molecule has 0 N–H and O–H groups in total. The summed E-state index contributed by atoms with van der Waals surface area (Å²) in [5.41, 5.74) is 6.28. The first-order valence-corrected chi connectivity index (χ1v) is 13.0. The SMILES string of the molecule is COc1cccc2c3cccc4c3n3c(c(-c5cccc(Oc6ccccn6)c5)nc3c12)C(C)(C)C4(C)C. The number of pyridine rings is 2. The van der Waals surface area contributed by atoms with E-state index >= 15 is 0 Å². The molecule has 38 heavy (non-hydrogen) atoms. The van der Waals surface area contributed by atoms with Crippen molar-refractivity contribution in [1.29, 1.82) is 0 Å². The zero-order valence-electron chi connectivity index (χ0n) is 22.2. The third-order valence-corrected chi connectivity index (χ3v) is 8.69. The number of hydrogen-bond acceptors (Lipinski definition) is 4. The Morgan fingerprint density at radius 1 is 0.789 bits per heavy atom. The Labute approximate surface area is 221 Å². The summed E-state index contributed by atoms with van der Waals surface area (Å²) in [5, 5.41) is 3.40. The van der Waals surface area contributed by atoms with Crippen LogP contribution in [0.2, 0.25) is 0 Å². The van der Waals surface area contributed by atoms with Gasteiger partial charge in [0.1, 0.15) is 17.1 Å². The smallest absolute Gasteiger partial charge is 0.219 e. The van der Waals surface area contributed by atoms with E-state index in [0.717, 1.165) is 39.2 Å². The van der Waals surface area contributed by atoms with Crippen LogP contribution in [-0.2, 0) is 10.8 Å². The first-order valence-electron chi connectivity index (χ1n) is 13.0. The summed E-state index contributed by atoms with van der Waals surface area (Å²) in [6, 6.07) is 26.8. The average molecular weight is 500 g/mol. The molecule has 0 aliphatic carbocycles. The Bertz CT molecular complexity index is 1880. The summed E-state index contributed by atoms with van der Waals surface area (Å²) in [4.78, 5) is 9.72. The minimum absolute atomic E-state index is 0.140. The molecule has 1 aliphatic rings. The molecule has 5 heteroatoms. The van der Waals surface area contributed by atoms with Crippen molar-refractivity contribution in [3.05, 3.63) is 96.3 Å². The second-order valence-electron chi connectivity index (χ2n) is 11.1. The number of para-hydroxylation sites is 1. The van der Waals surface area contributed by atoms with Crippen molar-refractivity contribution in [2.45, 2.75) is 38.5 Å². The molecule has 0 radical (unpaired) electrons. The molecule has 0 saturated carbocycles. The molecule has 0 amide bonds. The van der Waals surface area contributed by atoms with E-state index in [1.807, 2.05) is 36.4 Å². The van der Waals surface area contributed by atoms with Crippen LogP contribution in [0.5, 0.6) is 17.4 Å². The van der Waals surface area contributed by atoms with Gasteiger partial charge in [0.25, 0.3) is 0 Å². The highest BCUT2D eigenvalue weighted by molar-refractivity contribution is 6.15. The van der Waals surface area contributed by atoms with E-state index in [0.29, 0.717) is 5.88 Å². The monoisotopic (exact) mass is 499 g/mol. The largest absolute Gasteiger partial charge is 0.496 e. The Morgan fingerprint density at radius 3 is 2.37 bits per heavy atom. The minimum Gasteiger partial charge on any atom is -0.496 e. The highest BCUT2D eigenvalue weighted by Gasteiger charge is 2.48. The lowest BCUT2D eigenvalue weighted by molar-refractivity contribution is 0.289. The standard InChI is InChI=1S/C33H29N3O2/c1-32(2)24-15-9-14-23-22-13-10-16-25(37-5)27(22)31-35-28(30(33(32,3)4)36(31)29(23)24)20-11-8-12-21(19-20)38-26-17-6-7-18-34-26/h6-19H,1-5H3. The van der Waals surface area contributed by atoms with E-state index in [9.17, 15) is 0 Å². The lowest BCUT2D eigenvalue weighted by Crippen LogP contribution is -2.44. The number of imidazole rings is 1. The number of fused-ring (bicyclic) bond motifs is 3. The number of methoxy groups -OCH3 is 1. The molecule has 0 bridgehead atoms. The van der Waals surface area contributed by atoms with Gasteiger partial charge in [-0.25, -0.2) is 9.97 Å². The van der Waals surface area contributed by atoms with Gasteiger partial charge in [-0.1, -0.05) is 76.2 Å². The van der Waals surface area contributed by atoms with Gasteiger partial charge in [-0.05, 0) is 35.2 Å². The van der Waals surface area contributed by atoms with Gasteiger partial charge in [-0.3, -0.25) is 4.40 Å². The van der Waals surface area contributed by atoms with Crippen molar-refractivity contribution in [2.24, 2.45) is 0 Å². The second-order valence-corrected chi connectivity index (χ2v) is 11.1. The van der Waals surface area contributed by atoms with Gasteiger partial charge >= 0.3 is 0 Å². The zero-order valence-corrected chi connectivity index (χ0v) is 22.2. The normalized spacial score (nSPS) is 15.4. The van der Waals surface area contributed by atoms with Crippen LogP contribution in [0.1, 0.15) is 39.0 Å². The molecule has 0 spiro atoms. The van der Waals surface area contributed by atoms with Gasteiger partial charge in [0.15, 0.2) is 0 Å². The molecular formula is C33H29N3O2. The lowest BCUT2D eigenvalue weighted by atomic mass is 9.60. The summed E-state index contributed by atoms with van der Waals surface area (Å²) in [6.07, 6.45) is 1.73. The molecule has 3 aromatic carbocycles. The number of rotatable bonds is 4. The van der Waals surface area contributed by atoms with Crippen molar-refractivity contribution >= 4 is 27.3 Å². The fourth-order valence-electron chi connectivity index (χ4n) is 6.11. The molecular weight excluding hydrogens is 470 g/mol. The van der Waals surface area contributed by atoms with Crippen LogP contribution >= 0.6 is 0 Å². The van der Waals surface area contributed by atoms with Gasteiger partial charge in [-0.2, -0.15) is 0 Å². The molecule has 7 rings (SSSR count). The zero-order chi connectivity index (χ0) is 26.2. The summed E-state index contributed by atoms with van der Waals surface area (Å²) >= 11 is 0. The molecule has 3 aromatic heterocycles. The number of aromatic nitrogens is 3. The third-order valence-electron chi connectivity index (χ3n) is 8.69. The quantitative estimate of drug-likeness (QED) is 0.230. The van der Waals surface area contributed by atoms with Crippen molar-refractivity contribution in [1.82, 2.24) is 14.4 Å². The van der Waals surface area contributed by atoms with Crippen molar-refractivity contribution in [2.75, 3.05) is 7.11 Å². The maximum Gasteiger partial charge on any atom is 0.219 e. The van der Waals surface area contributed by atoms with E-state index in [1.54, 1.807) is 13.3 Å². The molecule has 6 aromatic rings. The molecule has 188 valence electrons. The van der Waals surface area contributed by atoms with Crippen molar-refractivity contribution < 1.29 is 9.47 Å². The molecule has 0 atom stereocenters. The molecule has 0 unspecified atom stereocenters. The Kier molecular flexibility index (Phi) is 4.68. The molecule has 0 saturated heterocycles. The topological polar surface area (TPSA) is 48.7 Å². The molecule has 4 heterocycles. The van der Waals surface area contributed by atoms with Gasteiger partial charge in [0.2, 0.25) is 5.88 Å². The van der Waals surface area contributed by atoms with E-state index in [1.165, 1.54) is 22.2 Å². The Balaban J connectivity index is 1.61. The Morgan fingerprint density at radius 2 is 1.58 bits per heavy atom. The van der Waals surface area contributed by atoms with Gasteiger partial charge in [0, 0.05) is 34.0 Å². The van der Waals surface area contributed by atoms with Crippen molar-refractivity contribution in [3.8, 4) is 28.6 Å². The van der Waals surface area contributed by atoms with Crippen LogP contribution in [0.3, 0.4) is 0 Å². The van der Waals surface area contributed by atoms with E-state index < -0.39 is 0 Å². The van der Waals surface area contributed by atoms with Crippen LogP contribution in [0.15, 0.2) is 85.1 Å². The van der Waals surface area contributed by atoms with Crippen LogP contribution in [0, 0.1) is 0 Å². The van der Waals surface area contributed by atoms with Crippen LogP contribution in [0.25, 0.3) is 38.6 Å². The second kappa shape index (κ2) is 7.81. The van der Waals surface area contributed by atoms with Gasteiger partial charge in [-0.15, -0.1) is 0 Å². The van der Waals surface area contributed by atoms with Gasteiger partial charge < -0.3 is 9.47 Å². The van der Waals surface area contributed by atoms with Crippen molar-refractivity contribution in [3.63, 3.8) is 0 Å². The fourth-order valence-corrected chi connectivity index (χ4v) is 6.11. The van der Waals surface area contributed by atoms with Crippen LogP contribution in [0.4, 0.5) is 0 Å². The number of ether oxygens (including phenoxy) is 2. The molecule has 5 nitrogen and oxygen atoms in total. The summed E-state index contributed by atoms with van der Waals surface area (Å²) in [5.74, 6) is 2.12. The fraction of sp³-hybridized carbons (Fsp3) is 0.212.